The molecule has 0 heterocycles. The maximum absolute atomic E-state index is 13.5. The van der Waals surface area contributed by atoms with E-state index < -0.39 is 26.7 Å². The summed E-state index contributed by atoms with van der Waals surface area (Å²) in [7, 11) is -4.64. The van der Waals surface area contributed by atoms with Gasteiger partial charge in [0.1, 0.15) is 16.3 Å². The predicted molar refractivity (Wildman–Crippen MR) is 149 cm³/mol. The number of anilines is 1. The molecule has 0 spiro atoms. The standard InChI is InChI=1S/C27H23Cl2N3O6S.Na/c1-3-15-11-22(24(29)23(12-15)39(35,36)37)31-32-25-18-8-6-5-7-16(18)13-19(26(25)33)27(34)30-21-10-9-17(38-4-2)14-20(21)28;/h5-14,33H,3-4H2,1-2H3,(H,30,34)(H,35,36,37);/q;+1/p-1. The minimum Gasteiger partial charge on any atom is -0.870 e. The zero-order chi connectivity index (χ0) is 28.3. The second-order valence-electron chi connectivity index (χ2n) is 8.31. The number of ether oxygens (including phenoxy) is 1. The van der Waals surface area contributed by atoms with Crippen molar-refractivity contribution in [2.75, 3.05) is 11.9 Å². The number of carbonyl (C=O) groups excluding carboxylic acids is 1. The molecule has 4 aromatic rings. The molecule has 0 saturated heterocycles. The van der Waals surface area contributed by atoms with Gasteiger partial charge in [0.05, 0.1) is 28.0 Å². The van der Waals surface area contributed by atoms with Crippen molar-refractivity contribution in [2.45, 2.75) is 25.2 Å². The summed E-state index contributed by atoms with van der Waals surface area (Å²) in [6, 6.07) is 15.7. The average molecular weight is 610 g/mol. The maximum Gasteiger partial charge on any atom is 1.00 e. The molecule has 0 aliphatic rings. The number of aryl methyl sites for hydroxylation is 1. The number of hydrogen-bond acceptors (Lipinski definition) is 7. The van der Waals surface area contributed by atoms with Crippen LogP contribution in [0.4, 0.5) is 17.1 Å². The molecule has 13 heteroatoms. The van der Waals surface area contributed by atoms with E-state index in [1.54, 1.807) is 49.4 Å². The molecule has 1 amide bonds. The Balaban J connectivity index is 0.00000441. The second-order valence-corrected chi connectivity index (χ2v) is 10.5. The Bertz CT molecular complexity index is 1730. The van der Waals surface area contributed by atoms with Gasteiger partial charge in [-0.05, 0) is 54.6 Å². The number of rotatable bonds is 8. The van der Waals surface area contributed by atoms with Crippen molar-refractivity contribution in [2.24, 2.45) is 10.2 Å². The van der Waals surface area contributed by atoms with Gasteiger partial charge in [0.15, 0.2) is 0 Å². The van der Waals surface area contributed by atoms with E-state index in [0.29, 0.717) is 35.1 Å². The Hall–Kier alpha value is -2.70. The van der Waals surface area contributed by atoms with Crippen LogP contribution in [0.15, 0.2) is 75.8 Å². The monoisotopic (exact) mass is 609 g/mol. The van der Waals surface area contributed by atoms with Crippen LogP contribution in [0.25, 0.3) is 10.8 Å². The molecular formula is C27H22Cl2N3NaO6S. The first-order valence-electron chi connectivity index (χ1n) is 11.7. The van der Waals surface area contributed by atoms with Crippen LogP contribution < -0.4 is 44.7 Å². The normalized spacial score (nSPS) is 11.4. The topological polar surface area (TPSA) is 140 Å². The van der Waals surface area contributed by atoms with E-state index in [2.05, 4.69) is 15.5 Å². The summed E-state index contributed by atoms with van der Waals surface area (Å²) >= 11 is 12.5. The first-order chi connectivity index (χ1) is 18.5. The molecule has 0 aliphatic carbocycles. The molecule has 0 aromatic heterocycles. The third-order valence-electron chi connectivity index (χ3n) is 5.74. The van der Waals surface area contributed by atoms with Gasteiger partial charge in [-0.15, -0.1) is 5.11 Å². The fourth-order valence-corrected chi connectivity index (χ4v) is 5.12. The van der Waals surface area contributed by atoms with E-state index in [-0.39, 0.29) is 62.2 Å². The molecule has 4 rings (SSSR count). The molecular weight excluding hydrogens is 588 g/mol. The van der Waals surface area contributed by atoms with Crippen molar-refractivity contribution in [3.05, 3.63) is 81.8 Å². The number of amides is 1. The van der Waals surface area contributed by atoms with Crippen molar-refractivity contribution >= 4 is 67.1 Å². The van der Waals surface area contributed by atoms with Crippen molar-refractivity contribution in [3.8, 4) is 11.5 Å². The molecule has 2 N–H and O–H groups in total. The van der Waals surface area contributed by atoms with Crippen LogP contribution in [0.5, 0.6) is 11.5 Å². The largest absolute Gasteiger partial charge is 1.00 e. The molecule has 202 valence electrons. The number of nitrogens with zero attached hydrogens (tertiary/aromatic N) is 2. The number of hydrogen-bond donors (Lipinski definition) is 2. The first-order valence-corrected chi connectivity index (χ1v) is 13.9. The number of fused-ring (bicyclic) bond motifs is 1. The summed E-state index contributed by atoms with van der Waals surface area (Å²) in [6.45, 7) is 4.05. The quantitative estimate of drug-likeness (QED) is 0.175. The van der Waals surface area contributed by atoms with Crippen LogP contribution in [0, 0.1) is 0 Å². The Morgan fingerprint density at radius 3 is 2.42 bits per heavy atom. The van der Waals surface area contributed by atoms with Gasteiger partial charge in [0, 0.05) is 17.0 Å². The predicted octanol–water partition coefficient (Wildman–Crippen LogP) is 4.10. The smallest absolute Gasteiger partial charge is 0.870 e. The van der Waals surface area contributed by atoms with Crippen LogP contribution in [-0.2, 0) is 16.5 Å². The average Bonchev–Trinajstić information content (AvgIpc) is 2.89. The van der Waals surface area contributed by atoms with Crippen molar-refractivity contribution in [3.63, 3.8) is 0 Å². The van der Waals surface area contributed by atoms with E-state index in [4.69, 9.17) is 27.9 Å². The van der Waals surface area contributed by atoms with Gasteiger partial charge >= 0.3 is 29.6 Å². The van der Waals surface area contributed by atoms with Gasteiger partial charge in [0.2, 0.25) is 0 Å². The van der Waals surface area contributed by atoms with Crippen molar-refractivity contribution in [1.82, 2.24) is 0 Å². The Labute approximate surface area is 263 Å². The summed E-state index contributed by atoms with van der Waals surface area (Å²) in [5, 5.41) is 25.1. The number of nitrogens with one attached hydrogen (secondary N) is 1. The third-order valence-corrected chi connectivity index (χ3v) is 7.44. The molecule has 9 nitrogen and oxygen atoms in total. The van der Waals surface area contributed by atoms with E-state index >= 15 is 0 Å². The fraction of sp³-hybridized carbons (Fsp3) is 0.148. The molecule has 0 radical (unpaired) electrons. The Morgan fingerprint density at radius 2 is 1.77 bits per heavy atom. The summed E-state index contributed by atoms with van der Waals surface area (Å²) in [5.41, 5.74) is 0.375. The summed E-state index contributed by atoms with van der Waals surface area (Å²) in [6.07, 6.45) is 0.418. The molecule has 0 saturated carbocycles. The van der Waals surface area contributed by atoms with Gasteiger partial charge < -0.3 is 15.2 Å². The molecule has 40 heavy (non-hydrogen) atoms. The minimum absolute atomic E-state index is 0. The fourth-order valence-electron chi connectivity index (χ4n) is 3.83. The van der Waals surface area contributed by atoms with Gasteiger partial charge in [-0.2, -0.15) is 13.5 Å². The first kappa shape index (κ1) is 31.8. The van der Waals surface area contributed by atoms with Crippen LogP contribution in [0.2, 0.25) is 10.0 Å². The number of azo groups is 1. The van der Waals surface area contributed by atoms with E-state index in [1.165, 1.54) is 18.2 Å². The van der Waals surface area contributed by atoms with Crippen molar-refractivity contribution < 1.29 is 57.2 Å². The SMILES string of the molecule is CCOc1ccc(NC(=O)c2cc3ccccc3c(N=Nc3cc(CC)cc(S(=O)(=O)O)c3Cl)c2[O-])c(Cl)c1.[Na+]. The zero-order valence-corrected chi connectivity index (χ0v) is 26.1. The van der Waals surface area contributed by atoms with Gasteiger partial charge in [-0.25, -0.2) is 0 Å². The van der Waals surface area contributed by atoms with Crippen LogP contribution in [0.3, 0.4) is 0 Å². The Morgan fingerprint density at radius 1 is 1.05 bits per heavy atom. The van der Waals surface area contributed by atoms with E-state index in [1.807, 2.05) is 6.92 Å². The molecule has 0 aliphatic heterocycles. The van der Waals surface area contributed by atoms with Crippen LogP contribution in [0.1, 0.15) is 29.8 Å². The Kier molecular flexibility index (Phi) is 10.6. The second kappa shape index (κ2) is 13.3. The summed E-state index contributed by atoms with van der Waals surface area (Å²) in [5.74, 6) is -0.899. The van der Waals surface area contributed by atoms with Gasteiger partial charge in [-0.1, -0.05) is 60.1 Å². The minimum atomic E-state index is -4.64. The molecule has 4 aromatic carbocycles. The van der Waals surface area contributed by atoms with Crippen molar-refractivity contribution in [1.29, 1.82) is 0 Å². The van der Waals surface area contributed by atoms with Gasteiger partial charge in [0.25, 0.3) is 16.0 Å². The summed E-state index contributed by atoms with van der Waals surface area (Å²) in [4.78, 5) is 12.6. The maximum atomic E-state index is 13.5. The van der Waals surface area contributed by atoms with Gasteiger partial charge in [-0.3, -0.25) is 9.35 Å². The zero-order valence-electron chi connectivity index (χ0n) is 21.7. The molecule has 0 unspecified atom stereocenters. The van der Waals surface area contributed by atoms with Crippen LogP contribution in [-0.4, -0.2) is 25.5 Å². The number of halogens is 2. The molecule has 0 fully saturated rings. The van der Waals surface area contributed by atoms with Crippen LogP contribution >= 0.6 is 23.2 Å². The molecule has 0 bridgehead atoms. The molecule has 0 atom stereocenters. The number of benzene rings is 4. The van der Waals surface area contributed by atoms with E-state index in [9.17, 15) is 22.9 Å². The van der Waals surface area contributed by atoms with E-state index in [0.717, 1.165) is 0 Å². The summed E-state index contributed by atoms with van der Waals surface area (Å²) < 4.78 is 38.6. The third kappa shape index (κ3) is 6.95. The number of carbonyl (C=O) groups is 1.